The van der Waals surface area contributed by atoms with E-state index in [1.165, 1.54) is 17.8 Å². The zero-order valence-electron chi connectivity index (χ0n) is 16.4. The number of hydrogen-bond acceptors (Lipinski definition) is 6. The van der Waals surface area contributed by atoms with Gasteiger partial charge in [-0.15, -0.1) is 0 Å². The van der Waals surface area contributed by atoms with Crippen LogP contribution >= 0.6 is 11.3 Å². The molecule has 0 aliphatic heterocycles. The number of benzene rings is 2. The summed E-state index contributed by atoms with van der Waals surface area (Å²) >= 11 is 1.57. The fourth-order valence-corrected chi connectivity index (χ4v) is 5.21. The van der Waals surface area contributed by atoms with Crippen LogP contribution in [0.4, 0.5) is 9.52 Å². The van der Waals surface area contributed by atoms with Gasteiger partial charge in [0.15, 0.2) is 10.8 Å². The van der Waals surface area contributed by atoms with E-state index in [0.29, 0.717) is 24.1 Å². The van der Waals surface area contributed by atoms with Crippen molar-refractivity contribution in [2.24, 2.45) is 0 Å². The van der Waals surface area contributed by atoms with Gasteiger partial charge in [-0.05, 0) is 28.8 Å². The van der Waals surface area contributed by atoms with Crippen LogP contribution in [0, 0.1) is 5.82 Å². The molecule has 154 valence electrons. The topological polar surface area (TPSA) is 75.9 Å². The van der Waals surface area contributed by atoms with Gasteiger partial charge in [-0.2, -0.15) is 0 Å². The molecule has 0 spiro atoms. The number of nitrogens with zero attached hydrogens (tertiary/aromatic N) is 4. The maximum atomic E-state index is 13.4. The predicted molar refractivity (Wildman–Crippen MR) is 119 cm³/mol. The molecule has 0 radical (unpaired) electrons. The summed E-state index contributed by atoms with van der Waals surface area (Å²) in [5.41, 5.74) is 5.50. The maximum absolute atomic E-state index is 13.4. The zero-order valence-corrected chi connectivity index (χ0v) is 17.2. The molecule has 0 fully saturated rings. The average molecular weight is 431 g/mol. The Kier molecular flexibility index (Phi) is 4.22. The van der Waals surface area contributed by atoms with Crippen molar-refractivity contribution in [3.05, 3.63) is 83.6 Å². The molecule has 6 nitrogen and oxygen atoms in total. The second-order valence-electron chi connectivity index (χ2n) is 7.78. The lowest BCUT2D eigenvalue weighted by Crippen LogP contribution is -2.20. The van der Waals surface area contributed by atoms with Crippen molar-refractivity contribution in [3.63, 3.8) is 0 Å². The summed E-state index contributed by atoms with van der Waals surface area (Å²) in [6, 6.07) is 15.5. The minimum Gasteiger partial charge on any atom is -0.390 e. The van der Waals surface area contributed by atoms with Gasteiger partial charge in [0.25, 0.3) is 0 Å². The Morgan fingerprint density at radius 1 is 1.13 bits per heavy atom. The second-order valence-corrected chi connectivity index (χ2v) is 8.81. The largest absolute Gasteiger partial charge is 0.390 e. The molecule has 6 rings (SSSR count). The highest BCUT2D eigenvalue weighted by atomic mass is 32.1. The van der Waals surface area contributed by atoms with Crippen molar-refractivity contribution in [2.45, 2.75) is 25.1 Å². The summed E-state index contributed by atoms with van der Waals surface area (Å²) in [6.07, 6.45) is 3.08. The van der Waals surface area contributed by atoms with Crippen LogP contribution in [0.25, 0.3) is 21.4 Å². The molecular weight excluding hydrogens is 413 g/mol. The molecule has 2 N–H and O–H groups in total. The third-order valence-electron chi connectivity index (χ3n) is 5.71. The third kappa shape index (κ3) is 3.24. The minimum absolute atomic E-state index is 0.153. The molecule has 0 saturated heterocycles. The minimum atomic E-state index is -0.466. The van der Waals surface area contributed by atoms with Crippen LogP contribution in [0.1, 0.15) is 22.7 Å². The molecule has 3 heterocycles. The van der Waals surface area contributed by atoms with Crippen LogP contribution in [0.15, 0.2) is 61.1 Å². The van der Waals surface area contributed by atoms with Crippen molar-refractivity contribution in [1.29, 1.82) is 0 Å². The van der Waals surface area contributed by atoms with Gasteiger partial charge in [0.05, 0.1) is 41.4 Å². The molecule has 1 aliphatic rings. The van der Waals surface area contributed by atoms with E-state index in [9.17, 15) is 9.50 Å². The molecule has 31 heavy (non-hydrogen) atoms. The number of rotatable bonds is 4. The quantitative estimate of drug-likeness (QED) is 0.444. The van der Waals surface area contributed by atoms with Crippen LogP contribution in [0.5, 0.6) is 0 Å². The van der Waals surface area contributed by atoms with Crippen molar-refractivity contribution in [1.82, 2.24) is 19.5 Å². The number of halogens is 1. The van der Waals surface area contributed by atoms with Gasteiger partial charge >= 0.3 is 0 Å². The fraction of sp³-hybridized carbons (Fsp3) is 0.174. The van der Waals surface area contributed by atoms with Gasteiger partial charge in [-0.25, -0.2) is 19.3 Å². The van der Waals surface area contributed by atoms with E-state index in [1.807, 2.05) is 28.8 Å². The highest BCUT2D eigenvalue weighted by Crippen LogP contribution is 2.36. The standard InChI is InChI=1S/C23H18FN5OS/c24-15-9-18-22(25-10-15)29(12-26-18)11-13-5-6-17-20(7-13)31-23(27-17)28-21-16-4-2-1-3-14(16)8-19(21)30/h1-7,9-10,12,19,21,30H,8,11H2,(H,27,28). The number of fused-ring (bicyclic) bond motifs is 3. The number of hydrogen-bond donors (Lipinski definition) is 2. The molecule has 3 aromatic heterocycles. The first-order valence-electron chi connectivity index (χ1n) is 10.0. The number of anilines is 1. The van der Waals surface area contributed by atoms with Gasteiger partial charge in [0.2, 0.25) is 0 Å². The second kappa shape index (κ2) is 7.11. The predicted octanol–water partition coefficient (Wildman–Crippen LogP) is 4.30. The summed E-state index contributed by atoms with van der Waals surface area (Å²) in [7, 11) is 0. The Labute approximate surface area is 181 Å². The smallest absolute Gasteiger partial charge is 0.184 e. The van der Waals surface area contributed by atoms with Gasteiger partial charge < -0.3 is 15.0 Å². The fourth-order valence-electron chi connectivity index (χ4n) is 4.25. The lowest BCUT2D eigenvalue weighted by atomic mass is 10.1. The number of aromatic nitrogens is 4. The summed E-state index contributed by atoms with van der Waals surface area (Å²) in [6.45, 7) is 0.584. The van der Waals surface area contributed by atoms with E-state index in [1.54, 1.807) is 17.7 Å². The first kappa shape index (κ1) is 18.4. The number of aliphatic hydroxyl groups is 1. The lowest BCUT2D eigenvalue weighted by molar-refractivity contribution is 0.166. The van der Waals surface area contributed by atoms with E-state index < -0.39 is 6.10 Å². The first-order valence-corrected chi connectivity index (χ1v) is 10.8. The Hall–Kier alpha value is -3.36. The molecular formula is C23H18FN5OS. The number of pyridine rings is 1. The lowest BCUT2D eigenvalue weighted by Gasteiger charge is -2.16. The van der Waals surface area contributed by atoms with Crippen LogP contribution < -0.4 is 5.32 Å². The maximum Gasteiger partial charge on any atom is 0.184 e. The highest BCUT2D eigenvalue weighted by Gasteiger charge is 2.31. The van der Waals surface area contributed by atoms with Gasteiger partial charge in [-0.3, -0.25) is 0 Å². The van der Waals surface area contributed by atoms with Gasteiger partial charge in [0.1, 0.15) is 11.3 Å². The van der Waals surface area contributed by atoms with Gasteiger partial charge in [-0.1, -0.05) is 41.7 Å². The number of nitrogens with one attached hydrogen (secondary N) is 1. The number of thiazole rings is 1. The molecule has 0 saturated carbocycles. The van der Waals surface area contributed by atoms with E-state index in [2.05, 4.69) is 33.5 Å². The number of imidazole rings is 1. The van der Waals surface area contributed by atoms with E-state index in [4.69, 9.17) is 4.98 Å². The normalized spacial score (nSPS) is 18.0. The molecule has 0 amide bonds. The van der Waals surface area contributed by atoms with Gasteiger partial charge in [0, 0.05) is 12.5 Å². The van der Waals surface area contributed by atoms with Crippen molar-refractivity contribution >= 4 is 37.8 Å². The Bertz CT molecular complexity index is 1430. The first-order chi connectivity index (χ1) is 15.1. The summed E-state index contributed by atoms with van der Waals surface area (Å²) in [5.74, 6) is -0.390. The monoisotopic (exact) mass is 431 g/mol. The van der Waals surface area contributed by atoms with E-state index in [-0.39, 0.29) is 11.9 Å². The molecule has 2 aromatic carbocycles. The summed E-state index contributed by atoms with van der Waals surface area (Å²) < 4.78 is 16.3. The average Bonchev–Trinajstić information content (AvgIpc) is 3.43. The zero-order chi connectivity index (χ0) is 20.9. The molecule has 2 unspecified atom stereocenters. The molecule has 1 aliphatic carbocycles. The van der Waals surface area contributed by atoms with Crippen LogP contribution in [-0.4, -0.2) is 30.7 Å². The van der Waals surface area contributed by atoms with Crippen molar-refractivity contribution in [2.75, 3.05) is 5.32 Å². The Morgan fingerprint density at radius 2 is 2.03 bits per heavy atom. The Morgan fingerprint density at radius 3 is 2.97 bits per heavy atom. The number of aliphatic hydroxyl groups excluding tert-OH is 1. The van der Waals surface area contributed by atoms with Crippen LogP contribution in [0.2, 0.25) is 0 Å². The van der Waals surface area contributed by atoms with Crippen molar-refractivity contribution < 1.29 is 9.50 Å². The highest BCUT2D eigenvalue weighted by molar-refractivity contribution is 7.22. The summed E-state index contributed by atoms with van der Waals surface area (Å²) in [5, 5.41) is 14.7. The summed E-state index contributed by atoms with van der Waals surface area (Å²) in [4.78, 5) is 13.1. The molecule has 8 heteroatoms. The van der Waals surface area contributed by atoms with E-state index >= 15 is 0 Å². The SMILES string of the molecule is OC1Cc2ccccc2C1Nc1nc2ccc(Cn3cnc4cc(F)cnc43)cc2s1. The van der Waals surface area contributed by atoms with Crippen LogP contribution in [-0.2, 0) is 13.0 Å². The van der Waals surface area contributed by atoms with Crippen LogP contribution in [0.3, 0.4) is 0 Å². The molecule has 2 atom stereocenters. The van der Waals surface area contributed by atoms with Crippen molar-refractivity contribution in [3.8, 4) is 0 Å². The third-order valence-corrected chi connectivity index (χ3v) is 6.66. The Balaban J connectivity index is 1.27. The molecule has 0 bridgehead atoms. The molecule has 5 aromatic rings. The van der Waals surface area contributed by atoms with E-state index in [0.717, 1.165) is 26.5 Å².